The average Bonchev–Trinajstić information content (AvgIpc) is 3.39. The van der Waals surface area contributed by atoms with Crippen LogP contribution in [0.4, 0.5) is 0 Å². The van der Waals surface area contributed by atoms with Crippen molar-refractivity contribution in [3.05, 3.63) is 97.2 Å². The summed E-state index contributed by atoms with van der Waals surface area (Å²) in [7, 11) is 0. The van der Waals surface area contributed by atoms with Crippen LogP contribution < -0.4 is 0 Å². The molecule has 0 bridgehead atoms. The molecule has 1 atom stereocenters. The van der Waals surface area contributed by atoms with Crippen LogP contribution in [-0.4, -0.2) is 37.2 Å². The SMILES string of the molecule is CC/C=C\C/C=C\C/C=C\C/C=C\C/C=C\C/C=C\C/C=C\CCCC(=O)OCC(COC(=O)CCCCCCCCCCCCCCC)OC(=O)CCCCCCCCCCC/C=C\CCCCCCCC. The minimum absolute atomic E-state index is 0.0941. The third kappa shape index (κ3) is 59.1. The summed E-state index contributed by atoms with van der Waals surface area (Å²) in [5.41, 5.74) is 0. The predicted molar refractivity (Wildman–Crippen MR) is 316 cm³/mol. The van der Waals surface area contributed by atoms with Crippen LogP contribution in [0.5, 0.6) is 0 Å². The summed E-state index contributed by atoms with van der Waals surface area (Å²) in [5, 5.41) is 0. The van der Waals surface area contributed by atoms with E-state index in [1.165, 1.54) is 154 Å². The summed E-state index contributed by atoms with van der Waals surface area (Å²) in [5.74, 6) is -0.950. The number of carbonyl (C=O) groups excluding carboxylic acids is 3. The molecule has 0 aromatic rings. The maximum Gasteiger partial charge on any atom is 0.306 e. The molecule has 0 heterocycles. The smallest absolute Gasteiger partial charge is 0.306 e. The zero-order valence-corrected chi connectivity index (χ0v) is 47.9. The molecule has 0 N–H and O–H groups in total. The number of carbonyl (C=O) groups is 3. The van der Waals surface area contributed by atoms with E-state index in [1.807, 2.05) is 0 Å². The Bertz CT molecular complexity index is 1440. The van der Waals surface area contributed by atoms with Crippen LogP contribution in [0.25, 0.3) is 0 Å². The van der Waals surface area contributed by atoms with Gasteiger partial charge in [-0.1, -0.05) is 272 Å². The molecule has 1 unspecified atom stereocenters. The molecule has 0 spiro atoms. The Kier molecular flexibility index (Phi) is 57.8. The van der Waals surface area contributed by atoms with Gasteiger partial charge in [-0.2, -0.15) is 0 Å². The summed E-state index contributed by atoms with van der Waals surface area (Å²) in [6, 6.07) is 0. The first kappa shape index (κ1) is 69.3. The standard InChI is InChI=1S/C67H114O6/c1-4-7-10-13-16-19-22-25-27-29-31-32-33-34-36-37-39-42-45-48-51-54-57-60-66(69)72-63-64(62-71-65(68)59-56-53-50-47-44-41-24-21-18-15-12-9-6-3)73-67(70)61-58-55-52-49-46-43-40-38-35-30-28-26-23-20-17-14-11-8-5-2/h7,10,16,19,25-28,31-32,34,36,39,42,48,51,64H,4-6,8-9,11-15,17-18,20-24,29-30,33,35,37-38,40-41,43-47,49-50,52-63H2,1-3H3/b10-7-,19-16-,27-25-,28-26-,32-31-,36-34-,42-39-,51-48-. The number of hydrogen-bond donors (Lipinski definition) is 0. The molecule has 0 amide bonds. The van der Waals surface area contributed by atoms with Gasteiger partial charge in [0.05, 0.1) is 0 Å². The Balaban J connectivity index is 4.45. The number of allylic oxidation sites excluding steroid dienone is 16. The fraction of sp³-hybridized carbons (Fsp3) is 0.716. The molecule has 0 aromatic carbocycles. The number of hydrogen-bond acceptors (Lipinski definition) is 6. The van der Waals surface area contributed by atoms with Crippen molar-refractivity contribution >= 4 is 17.9 Å². The normalized spacial score (nSPS) is 12.8. The molecule has 0 saturated heterocycles. The molecule has 0 rings (SSSR count). The first-order chi connectivity index (χ1) is 36.0. The van der Waals surface area contributed by atoms with Gasteiger partial charge in [0.15, 0.2) is 6.10 Å². The van der Waals surface area contributed by atoms with Gasteiger partial charge < -0.3 is 14.2 Å². The fourth-order valence-corrected chi connectivity index (χ4v) is 8.49. The summed E-state index contributed by atoms with van der Waals surface area (Å²) in [6.45, 7) is 6.49. The molecule has 6 heteroatoms. The van der Waals surface area contributed by atoms with E-state index in [9.17, 15) is 14.4 Å². The van der Waals surface area contributed by atoms with Crippen molar-refractivity contribution in [3.8, 4) is 0 Å². The largest absolute Gasteiger partial charge is 0.462 e. The van der Waals surface area contributed by atoms with E-state index in [0.29, 0.717) is 19.3 Å². The zero-order valence-electron chi connectivity index (χ0n) is 47.9. The molecule has 0 aliphatic rings. The lowest BCUT2D eigenvalue weighted by atomic mass is 10.0. The quantitative estimate of drug-likeness (QED) is 0.0261. The van der Waals surface area contributed by atoms with Crippen molar-refractivity contribution in [2.24, 2.45) is 0 Å². The minimum atomic E-state index is -0.802. The maximum atomic E-state index is 12.9. The van der Waals surface area contributed by atoms with E-state index in [2.05, 4.69) is 118 Å². The Morgan fingerprint density at radius 2 is 0.548 bits per heavy atom. The van der Waals surface area contributed by atoms with Gasteiger partial charge in [0.25, 0.3) is 0 Å². The van der Waals surface area contributed by atoms with Gasteiger partial charge >= 0.3 is 17.9 Å². The maximum absolute atomic E-state index is 12.9. The summed E-state index contributed by atoms with van der Waals surface area (Å²) < 4.78 is 16.9. The summed E-state index contributed by atoms with van der Waals surface area (Å²) >= 11 is 0. The highest BCUT2D eigenvalue weighted by molar-refractivity contribution is 5.71. The first-order valence-electron chi connectivity index (χ1n) is 30.7. The molecule has 0 aromatic heterocycles. The lowest BCUT2D eigenvalue weighted by Crippen LogP contribution is -2.30. The van der Waals surface area contributed by atoms with Crippen molar-refractivity contribution in [3.63, 3.8) is 0 Å². The average molecular weight is 1020 g/mol. The second kappa shape index (κ2) is 60.9. The monoisotopic (exact) mass is 1010 g/mol. The third-order valence-electron chi connectivity index (χ3n) is 13.1. The van der Waals surface area contributed by atoms with Crippen molar-refractivity contribution in [2.75, 3.05) is 13.2 Å². The molecule has 6 nitrogen and oxygen atoms in total. The number of ether oxygens (including phenoxy) is 3. The van der Waals surface area contributed by atoms with Crippen LogP contribution in [0.3, 0.4) is 0 Å². The van der Waals surface area contributed by atoms with Gasteiger partial charge in [-0.25, -0.2) is 0 Å². The molecule has 0 aliphatic heterocycles. The van der Waals surface area contributed by atoms with Crippen LogP contribution >= 0.6 is 0 Å². The van der Waals surface area contributed by atoms with Crippen molar-refractivity contribution in [1.82, 2.24) is 0 Å². The topological polar surface area (TPSA) is 78.9 Å². The molecule has 0 radical (unpaired) electrons. The van der Waals surface area contributed by atoms with E-state index < -0.39 is 6.10 Å². The van der Waals surface area contributed by atoms with Crippen LogP contribution in [-0.2, 0) is 28.6 Å². The Morgan fingerprint density at radius 1 is 0.288 bits per heavy atom. The van der Waals surface area contributed by atoms with Gasteiger partial charge in [-0.3, -0.25) is 14.4 Å². The molecule has 0 saturated carbocycles. The molecule has 418 valence electrons. The first-order valence-corrected chi connectivity index (χ1v) is 30.7. The second-order valence-corrected chi connectivity index (χ2v) is 20.2. The Morgan fingerprint density at radius 3 is 0.904 bits per heavy atom. The molecule has 73 heavy (non-hydrogen) atoms. The lowest BCUT2D eigenvalue weighted by molar-refractivity contribution is -0.167. The predicted octanol–water partition coefficient (Wildman–Crippen LogP) is 20.9. The number of rotatable bonds is 55. The molecule has 0 fully saturated rings. The van der Waals surface area contributed by atoms with E-state index >= 15 is 0 Å². The van der Waals surface area contributed by atoms with Gasteiger partial charge in [-0.15, -0.1) is 0 Å². The van der Waals surface area contributed by atoms with E-state index in [1.54, 1.807) is 0 Å². The third-order valence-corrected chi connectivity index (χ3v) is 13.1. The Labute approximate surface area is 451 Å². The van der Waals surface area contributed by atoms with Crippen LogP contribution in [0, 0.1) is 0 Å². The Hall–Kier alpha value is -3.67. The van der Waals surface area contributed by atoms with Gasteiger partial charge in [0.1, 0.15) is 13.2 Å². The van der Waals surface area contributed by atoms with Gasteiger partial charge in [0.2, 0.25) is 0 Å². The van der Waals surface area contributed by atoms with Gasteiger partial charge in [0, 0.05) is 19.3 Å². The van der Waals surface area contributed by atoms with Crippen LogP contribution in [0.15, 0.2) is 97.2 Å². The number of esters is 3. The van der Waals surface area contributed by atoms with Gasteiger partial charge in [-0.05, 0) is 96.3 Å². The number of unbranched alkanes of at least 4 members (excludes halogenated alkanes) is 28. The summed E-state index contributed by atoms with van der Waals surface area (Å²) in [4.78, 5) is 38.2. The lowest BCUT2D eigenvalue weighted by Gasteiger charge is -2.18. The molecular weight excluding hydrogens is 901 g/mol. The molecule has 0 aliphatic carbocycles. The highest BCUT2D eigenvalue weighted by Crippen LogP contribution is 2.16. The highest BCUT2D eigenvalue weighted by atomic mass is 16.6. The van der Waals surface area contributed by atoms with Crippen molar-refractivity contribution in [2.45, 2.75) is 297 Å². The second-order valence-electron chi connectivity index (χ2n) is 20.2. The summed E-state index contributed by atoms with van der Waals surface area (Å²) in [6.07, 6.45) is 81.2. The van der Waals surface area contributed by atoms with E-state index in [0.717, 1.165) is 89.9 Å². The van der Waals surface area contributed by atoms with Crippen molar-refractivity contribution < 1.29 is 28.6 Å². The van der Waals surface area contributed by atoms with Crippen LogP contribution in [0.2, 0.25) is 0 Å². The highest BCUT2D eigenvalue weighted by Gasteiger charge is 2.19. The minimum Gasteiger partial charge on any atom is -0.462 e. The zero-order chi connectivity index (χ0) is 52.9. The fourth-order valence-electron chi connectivity index (χ4n) is 8.49. The van der Waals surface area contributed by atoms with Crippen molar-refractivity contribution in [1.29, 1.82) is 0 Å². The molecular formula is C67H114O6. The van der Waals surface area contributed by atoms with Crippen LogP contribution in [0.1, 0.15) is 290 Å². The van der Waals surface area contributed by atoms with E-state index in [-0.39, 0.29) is 37.5 Å². The van der Waals surface area contributed by atoms with E-state index in [4.69, 9.17) is 14.2 Å².